The second-order valence-corrected chi connectivity index (χ2v) is 8.52. The van der Waals surface area contributed by atoms with Gasteiger partial charge in [0, 0.05) is 37.6 Å². The van der Waals surface area contributed by atoms with Crippen molar-refractivity contribution in [1.82, 2.24) is 15.1 Å². The molecule has 2 amide bonds. The zero-order valence-corrected chi connectivity index (χ0v) is 18.0. The van der Waals surface area contributed by atoms with E-state index >= 15 is 0 Å². The molecule has 2 aromatic carbocycles. The molecule has 0 unspecified atom stereocenters. The highest BCUT2D eigenvalue weighted by Gasteiger charge is 2.33. The number of nitrogens with zero attached hydrogens (tertiary/aromatic N) is 4. The molecule has 1 N–H and O–H groups in total. The molecule has 0 saturated carbocycles. The molecule has 160 valence electrons. The number of amides is 2. The maximum absolute atomic E-state index is 13.2. The number of carbonyl (C=O) groups is 2. The average molecular weight is 440 g/mol. The SMILES string of the molecule is CN(C)c1cccc(C(=O)N2CCC[C@@H]2c2nnc(C(=O)Nc3ccc(F)cc3)s2)c1. The van der Waals surface area contributed by atoms with Crippen molar-refractivity contribution >= 4 is 34.5 Å². The number of likely N-dealkylation sites (tertiary alicyclic amines) is 1. The van der Waals surface area contributed by atoms with Crippen molar-refractivity contribution in [1.29, 1.82) is 0 Å². The summed E-state index contributed by atoms with van der Waals surface area (Å²) >= 11 is 1.17. The first kappa shape index (κ1) is 20.9. The predicted octanol–water partition coefficient (Wildman–Crippen LogP) is 3.97. The maximum atomic E-state index is 13.2. The summed E-state index contributed by atoms with van der Waals surface area (Å²) in [6, 6.07) is 12.8. The maximum Gasteiger partial charge on any atom is 0.286 e. The first-order valence-corrected chi connectivity index (χ1v) is 10.7. The third-order valence-corrected chi connectivity index (χ3v) is 6.17. The highest BCUT2D eigenvalue weighted by Crippen LogP contribution is 2.35. The molecule has 0 aliphatic carbocycles. The molecule has 31 heavy (non-hydrogen) atoms. The van der Waals surface area contributed by atoms with E-state index in [9.17, 15) is 14.0 Å². The van der Waals surface area contributed by atoms with Crippen molar-refractivity contribution in [2.75, 3.05) is 30.9 Å². The van der Waals surface area contributed by atoms with E-state index in [2.05, 4.69) is 15.5 Å². The lowest BCUT2D eigenvalue weighted by Gasteiger charge is -2.23. The predicted molar refractivity (Wildman–Crippen MR) is 118 cm³/mol. The lowest BCUT2D eigenvalue weighted by Crippen LogP contribution is -2.30. The van der Waals surface area contributed by atoms with Gasteiger partial charge in [0.2, 0.25) is 5.01 Å². The second kappa shape index (κ2) is 8.81. The van der Waals surface area contributed by atoms with Gasteiger partial charge in [-0.1, -0.05) is 17.4 Å². The Bertz CT molecular complexity index is 1100. The molecule has 3 aromatic rings. The van der Waals surface area contributed by atoms with Crippen LogP contribution in [0.1, 0.15) is 44.1 Å². The fourth-order valence-electron chi connectivity index (χ4n) is 3.53. The Labute approximate surface area is 183 Å². The van der Waals surface area contributed by atoms with Crippen LogP contribution in [0.15, 0.2) is 48.5 Å². The Kier molecular flexibility index (Phi) is 5.94. The van der Waals surface area contributed by atoms with Gasteiger partial charge in [0.25, 0.3) is 11.8 Å². The zero-order chi connectivity index (χ0) is 22.0. The fraction of sp³-hybridized carbons (Fsp3) is 0.273. The number of hydrogen-bond donors (Lipinski definition) is 1. The summed E-state index contributed by atoms with van der Waals surface area (Å²) < 4.78 is 13.0. The average Bonchev–Trinajstić information content (AvgIpc) is 3.44. The topological polar surface area (TPSA) is 78.4 Å². The van der Waals surface area contributed by atoms with Crippen LogP contribution in [0.4, 0.5) is 15.8 Å². The molecule has 0 spiro atoms. The van der Waals surface area contributed by atoms with Gasteiger partial charge in [-0.2, -0.15) is 0 Å². The van der Waals surface area contributed by atoms with Gasteiger partial charge in [-0.05, 0) is 55.3 Å². The van der Waals surface area contributed by atoms with E-state index in [0.717, 1.165) is 18.5 Å². The lowest BCUT2D eigenvalue weighted by molar-refractivity contribution is 0.0735. The van der Waals surface area contributed by atoms with E-state index in [1.54, 1.807) is 4.90 Å². The number of aromatic nitrogens is 2. The van der Waals surface area contributed by atoms with E-state index in [-0.39, 0.29) is 22.8 Å². The summed E-state index contributed by atoms with van der Waals surface area (Å²) in [4.78, 5) is 29.4. The van der Waals surface area contributed by atoms with Gasteiger partial charge < -0.3 is 15.1 Å². The first-order chi connectivity index (χ1) is 14.9. The number of carbonyl (C=O) groups excluding carboxylic acids is 2. The minimum atomic E-state index is -0.412. The minimum Gasteiger partial charge on any atom is -0.378 e. The molecule has 0 radical (unpaired) electrons. The second-order valence-electron chi connectivity index (χ2n) is 7.51. The van der Waals surface area contributed by atoms with Crippen molar-refractivity contribution in [3.63, 3.8) is 0 Å². The molecule has 4 rings (SSSR count). The lowest BCUT2D eigenvalue weighted by atomic mass is 10.1. The standard InChI is InChI=1S/C22H22FN5O2S/c1-27(2)17-6-3-5-14(13-17)22(30)28-12-4-7-18(28)20-25-26-21(31-20)19(29)24-16-10-8-15(23)9-11-16/h3,5-6,8-11,13,18H,4,7,12H2,1-2H3,(H,24,29)/t18-/m1/s1. The smallest absolute Gasteiger partial charge is 0.286 e. The first-order valence-electron chi connectivity index (χ1n) is 9.91. The van der Waals surface area contributed by atoms with Crippen LogP contribution in [-0.4, -0.2) is 47.6 Å². The molecular weight excluding hydrogens is 417 g/mol. The molecular formula is C22H22FN5O2S. The zero-order valence-electron chi connectivity index (χ0n) is 17.2. The Balaban J connectivity index is 1.50. The summed E-state index contributed by atoms with van der Waals surface area (Å²) in [6.45, 7) is 0.631. The number of hydrogen-bond acceptors (Lipinski definition) is 6. The van der Waals surface area contributed by atoms with E-state index in [4.69, 9.17) is 0 Å². The number of nitrogens with one attached hydrogen (secondary N) is 1. The molecule has 1 aliphatic rings. The third kappa shape index (κ3) is 4.56. The quantitative estimate of drug-likeness (QED) is 0.651. The van der Waals surface area contributed by atoms with Crippen LogP contribution in [-0.2, 0) is 0 Å². The molecule has 1 atom stereocenters. The highest BCUT2D eigenvalue weighted by atomic mass is 32.1. The van der Waals surface area contributed by atoms with Gasteiger partial charge in [0.15, 0.2) is 0 Å². The van der Waals surface area contributed by atoms with Crippen molar-refractivity contribution in [3.8, 4) is 0 Å². The van der Waals surface area contributed by atoms with Crippen LogP contribution in [0.2, 0.25) is 0 Å². The Morgan fingerprint density at radius 1 is 1.16 bits per heavy atom. The summed E-state index contributed by atoms with van der Waals surface area (Å²) in [5.74, 6) is -0.845. The van der Waals surface area contributed by atoms with Gasteiger partial charge in [-0.3, -0.25) is 9.59 Å². The van der Waals surface area contributed by atoms with Crippen LogP contribution in [0, 0.1) is 5.82 Å². The van der Waals surface area contributed by atoms with E-state index in [1.807, 2.05) is 43.3 Å². The highest BCUT2D eigenvalue weighted by molar-refractivity contribution is 7.13. The molecule has 2 heterocycles. The Morgan fingerprint density at radius 2 is 1.94 bits per heavy atom. The summed E-state index contributed by atoms with van der Waals surface area (Å²) in [5, 5.41) is 11.7. The van der Waals surface area contributed by atoms with E-state index in [0.29, 0.717) is 22.8 Å². The van der Waals surface area contributed by atoms with Crippen LogP contribution < -0.4 is 10.2 Å². The van der Waals surface area contributed by atoms with Crippen molar-refractivity contribution < 1.29 is 14.0 Å². The summed E-state index contributed by atoms with van der Waals surface area (Å²) in [6.07, 6.45) is 1.63. The largest absolute Gasteiger partial charge is 0.378 e. The number of benzene rings is 2. The number of halogens is 1. The van der Waals surface area contributed by atoms with Gasteiger partial charge in [-0.15, -0.1) is 10.2 Å². The third-order valence-electron chi connectivity index (χ3n) is 5.15. The van der Waals surface area contributed by atoms with E-state index < -0.39 is 5.91 Å². The molecule has 0 bridgehead atoms. The van der Waals surface area contributed by atoms with E-state index in [1.165, 1.54) is 35.6 Å². The van der Waals surface area contributed by atoms with Gasteiger partial charge >= 0.3 is 0 Å². The Hall–Kier alpha value is -3.33. The van der Waals surface area contributed by atoms with Gasteiger partial charge in [-0.25, -0.2) is 4.39 Å². The monoisotopic (exact) mass is 439 g/mol. The number of anilines is 2. The minimum absolute atomic E-state index is 0.0567. The number of rotatable bonds is 5. The molecule has 1 aliphatic heterocycles. The van der Waals surface area contributed by atoms with Gasteiger partial charge in [0.1, 0.15) is 10.8 Å². The normalized spacial score (nSPS) is 15.7. The van der Waals surface area contributed by atoms with Gasteiger partial charge in [0.05, 0.1) is 6.04 Å². The van der Waals surface area contributed by atoms with Crippen molar-refractivity contribution in [2.24, 2.45) is 0 Å². The van der Waals surface area contributed by atoms with Crippen molar-refractivity contribution in [2.45, 2.75) is 18.9 Å². The van der Waals surface area contributed by atoms with Crippen molar-refractivity contribution in [3.05, 3.63) is 69.9 Å². The van der Waals surface area contributed by atoms with Crippen LogP contribution in [0.5, 0.6) is 0 Å². The molecule has 1 aromatic heterocycles. The molecule has 9 heteroatoms. The van der Waals surface area contributed by atoms with Crippen LogP contribution >= 0.6 is 11.3 Å². The molecule has 1 fully saturated rings. The summed E-state index contributed by atoms with van der Waals surface area (Å²) in [7, 11) is 3.87. The van der Waals surface area contributed by atoms with Crippen LogP contribution in [0.3, 0.4) is 0 Å². The Morgan fingerprint density at radius 3 is 2.68 bits per heavy atom. The fourth-order valence-corrected chi connectivity index (χ4v) is 4.41. The molecule has 7 nitrogen and oxygen atoms in total. The molecule has 1 saturated heterocycles. The van der Waals surface area contributed by atoms with Crippen LogP contribution in [0.25, 0.3) is 0 Å². The summed E-state index contributed by atoms with van der Waals surface area (Å²) in [5.41, 5.74) is 2.05.